The van der Waals surface area contributed by atoms with Gasteiger partial charge in [0.1, 0.15) is 5.75 Å². The largest absolute Gasteiger partial charge is 0.484 e. The number of aliphatic hydroxyl groups excluding tert-OH is 1. The minimum atomic E-state index is -0.648. The fraction of sp³-hybridized carbons (Fsp3) is 0.318. The van der Waals surface area contributed by atoms with Gasteiger partial charge in [0.05, 0.1) is 12.0 Å². The van der Waals surface area contributed by atoms with E-state index in [1.54, 1.807) is 49.4 Å². The van der Waals surface area contributed by atoms with Crippen molar-refractivity contribution in [3.8, 4) is 5.75 Å². The summed E-state index contributed by atoms with van der Waals surface area (Å²) in [5, 5.41) is 15.4. The number of benzene rings is 2. The lowest BCUT2D eigenvalue weighted by Crippen LogP contribution is -2.36. The molecule has 2 atom stereocenters. The maximum absolute atomic E-state index is 12.3. The van der Waals surface area contributed by atoms with Crippen LogP contribution in [0.5, 0.6) is 5.75 Å². The molecule has 0 aromatic heterocycles. The predicted octanol–water partition coefficient (Wildman–Crippen LogP) is 2.86. The van der Waals surface area contributed by atoms with Crippen LogP contribution in [0.25, 0.3) is 0 Å². The van der Waals surface area contributed by atoms with E-state index in [0.717, 1.165) is 0 Å². The number of hydrogen-bond acceptors (Lipinski definition) is 5. The fourth-order valence-electron chi connectivity index (χ4n) is 3.22. The minimum Gasteiger partial charge on any atom is -0.484 e. The number of amides is 3. The summed E-state index contributed by atoms with van der Waals surface area (Å²) in [5.74, 6) is -0.816. The quantitative estimate of drug-likeness (QED) is 0.539. The van der Waals surface area contributed by atoms with E-state index in [1.807, 2.05) is 0 Å². The van der Waals surface area contributed by atoms with Gasteiger partial charge in [0.2, 0.25) is 11.8 Å². The van der Waals surface area contributed by atoms with E-state index in [-0.39, 0.29) is 43.8 Å². The van der Waals surface area contributed by atoms with Crippen molar-refractivity contribution in [3.05, 3.63) is 52.5 Å². The number of hydrogen-bond donors (Lipinski definition) is 3. The van der Waals surface area contributed by atoms with E-state index in [4.69, 9.17) is 27.9 Å². The molecule has 2 aromatic carbocycles. The van der Waals surface area contributed by atoms with E-state index >= 15 is 0 Å². The average Bonchev–Trinajstić information content (AvgIpc) is 3.12. The zero-order valence-electron chi connectivity index (χ0n) is 17.3. The number of anilines is 2. The SMILES string of the molecule is C[C@@H](O)CNC(=O)[C@@H]1CC(=O)N(c2ccc(OCC(=O)Nc3cc(Cl)cc(Cl)c3)cc2)C1. The molecule has 8 nitrogen and oxygen atoms in total. The van der Waals surface area contributed by atoms with Gasteiger partial charge < -0.3 is 25.4 Å². The van der Waals surface area contributed by atoms with Crippen molar-refractivity contribution in [1.82, 2.24) is 5.32 Å². The molecule has 10 heteroatoms. The molecule has 1 aliphatic rings. The number of nitrogens with zero attached hydrogens (tertiary/aromatic N) is 1. The van der Waals surface area contributed by atoms with Crippen LogP contribution in [-0.2, 0) is 14.4 Å². The molecule has 1 saturated heterocycles. The van der Waals surface area contributed by atoms with E-state index in [9.17, 15) is 19.5 Å². The molecule has 32 heavy (non-hydrogen) atoms. The van der Waals surface area contributed by atoms with Gasteiger partial charge >= 0.3 is 0 Å². The molecule has 3 rings (SSSR count). The summed E-state index contributed by atoms with van der Waals surface area (Å²) in [5.41, 5.74) is 1.09. The van der Waals surface area contributed by atoms with E-state index in [2.05, 4.69) is 10.6 Å². The van der Waals surface area contributed by atoms with Gasteiger partial charge in [0, 0.05) is 40.9 Å². The molecule has 0 radical (unpaired) electrons. The summed E-state index contributed by atoms with van der Waals surface area (Å²) in [6.07, 6.45) is -0.539. The fourth-order valence-corrected chi connectivity index (χ4v) is 3.75. The van der Waals surface area contributed by atoms with Gasteiger partial charge in [-0.2, -0.15) is 0 Å². The Bertz CT molecular complexity index is 977. The lowest BCUT2D eigenvalue weighted by Gasteiger charge is -2.17. The smallest absolute Gasteiger partial charge is 0.262 e. The first kappa shape index (κ1) is 23.8. The van der Waals surface area contributed by atoms with Crippen LogP contribution in [0, 0.1) is 5.92 Å². The minimum absolute atomic E-state index is 0.109. The second-order valence-corrected chi connectivity index (χ2v) is 8.36. The second kappa shape index (κ2) is 10.7. The van der Waals surface area contributed by atoms with Crippen molar-refractivity contribution >= 4 is 52.3 Å². The third-order valence-electron chi connectivity index (χ3n) is 4.73. The van der Waals surface area contributed by atoms with Crippen molar-refractivity contribution in [2.24, 2.45) is 5.92 Å². The van der Waals surface area contributed by atoms with Gasteiger partial charge in [-0.15, -0.1) is 0 Å². The van der Waals surface area contributed by atoms with Crippen LogP contribution in [0.3, 0.4) is 0 Å². The van der Waals surface area contributed by atoms with Gasteiger partial charge in [-0.3, -0.25) is 14.4 Å². The van der Waals surface area contributed by atoms with Crippen LogP contribution in [-0.4, -0.2) is 48.6 Å². The Morgan fingerprint density at radius 1 is 1.19 bits per heavy atom. The van der Waals surface area contributed by atoms with Crippen LogP contribution < -0.4 is 20.3 Å². The number of rotatable bonds is 8. The molecule has 3 N–H and O–H groups in total. The standard InChI is InChI=1S/C22H23Cl2N3O5/c1-13(28)10-25-22(31)14-6-21(30)27(11-14)18-2-4-19(5-3-18)32-12-20(29)26-17-8-15(23)7-16(24)9-17/h2-5,7-9,13-14,28H,6,10-12H2,1H3,(H,25,31)(H,26,29)/t13-,14-/m1/s1. The van der Waals surface area contributed by atoms with Gasteiger partial charge in [-0.25, -0.2) is 0 Å². The third kappa shape index (κ3) is 6.59. The Morgan fingerprint density at radius 2 is 1.84 bits per heavy atom. The van der Waals surface area contributed by atoms with Crippen LogP contribution >= 0.6 is 23.2 Å². The van der Waals surface area contributed by atoms with Gasteiger partial charge in [0.15, 0.2) is 6.61 Å². The maximum Gasteiger partial charge on any atom is 0.262 e. The first-order chi connectivity index (χ1) is 15.2. The lowest BCUT2D eigenvalue weighted by atomic mass is 10.1. The van der Waals surface area contributed by atoms with E-state index in [0.29, 0.717) is 27.2 Å². The zero-order chi connectivity index (χ0) is 23.3. The molecule has 1 fully saturated rings. The Balaban J connectivity index is 1.52. The van der Waals surface area contributed by atoms with Gasteiger partial charge in [0.25, 0.3) is 5.91 Å². The molecule has 0 bridgehead atoms. The van der Waals surface area contributed by atoms with Crippen molar-refractivity contribution < 1.29 is 24.2 Å². The molecule has 2 aromatic rings. The first-order valence-corrected chi connectivity index (χ1v) is 10.7. The van der Waals surface area contributed by atoms with Gasteiger partial charge in [-0.1, -0.05) is 23.2 Å². The Hall–Kier alpha value is -2.81. The number of ether oxygens (including phenoxy) is 1. The molecule has 0 spiro atoms. The lowest BCUT2D eigenvalue weighted by molar-refractivity contribution is -0.126. The van der Waals surface area contributed by atoms with Crippen molar-refractivity contribution in [3.63, 3.8) is 0 Å². The predicted molar refractivity (Wildman–Crippen MR) is 122 cm³/mol. The van der Waals surface area contributed by atoms with Crippen LogP contribution in [0.4, 0.5) is 11.4 Å². The molecule has 0 aliphatic carbocycles. The van der Waals surface area contributed by atoms with Crippen molar-refractivity contribution in [2.75, 3.05) is 29.9 Å². The number of carbonyl (C=O) groups excluding carboxylic acids is 3. The number of halogens is 2. The summed E-state index contributed by atoms with van der Waals surface area (Å²) in [4.78, 5) is 38.1. The van der Waals surface area contributed by atoms with E-state index in [1.165, 1.54) is 4.90 Å². The van der Waals surface area contributed by atoms with Crippen molar-refractivity contribution in [1.29, 1.82) is 0 Å². The molecule has 3 amide bonds. The number of aliphatic hydroxyl groups is 1. The highest BCUT2D eigenvalue weighted by molar-refractivity contribution is 6.35. The summed E-state index contributed by atoms with van der Waals surface area (Å²) in [6, 6.07) is 11.4. The van der Waals surface area contributed by atoms with Gasteiger partial charge in [-0.05, 0) is 49.4 Å². The average molecular weight is 480 g/mol. The number of carbonyl (C=O) groups is 3. The second-order valence-electron chi connectivity index (χ2n) is 7.49. The highest BCUT2D eigenvalue weighted by Crippen LogP contribution is 2.27. The third-order valence-corrected chi connectivity index (χ3v) is 5.17. The highest BCUT2D eigenvalue weighted by atomic mass is 35.5. The Morgan fingerprint density at radius 3 is 2.47 bits per heavy atom. The molecular weight excluding hydrogens is 457 g/mol. The Labute approximate surface area is 195 Å². The zero-order valence-corrected chi connectivity index (χ0v) is 18.8. The normalized spacial score (nSPS) is 16.6. The molecule has 0 unspecified atom stereocenters. The first-order valence-electron chi connectivity index (χ1n) is 9.96. The summed E-state index contributed by atoms with van der Waals surface area (Å²) >= 11 is 11.8. The molecule has 170 valence electrons. The molecule has 1 aliphatic heterocycles. The van der Waals surface area contributed by atoms with E-state index < -0.39 is 12.0 Å². The highest BCUT2D eigenvalue weighted by Gasteiger charge is 2.35. The summed E-state index contributed by atoms with van der Waals surface area (Å²) in [6.45, 7) is 1.76. The number of nitrogens with one attached hydrogen (secondary N) is 2. The van der Waals surface area contributed by atoms with Crippen LogP contribution in [0.2, 0.25) is 10.0 Å². The monoisotopic (exact) mass is 479 g/mol. The van der Waals surface area contributed by atoms with Crippen LogP contribution in [0.1, 0.15) is 13.3 Å². The van der Waals surface area contributed by atoms with Crippen molar-refractivity contribution in [2.45, 2.75) is 19.4 Å². The summed E-state index contributed by atoms with van der Waals surface area (Å²) in [7, 11) is 0. The molecular formula is C22H23Cl2N3O5. The maximum atomic E-state index is 12.3. The Kier molecular flexibility index (Phi) is 7.95. The van der Waals surface area contributed by atoms with Crippen LogP contribution in [0.15, 0.2) is 42.5 Å². The summed E-state index contributed by atoms with van der Waals surface area (Å²) < 4.78 is 5.49. The molecule has 1 heterocycles. The topological polar surface area (TPSA) is 108 Å². The molecule has 0 saturated carbocycles.